The molecule has 1 atom stereocenters. The summed E-state index contributed by atoms with van der Waals surface area (Å²) in [6.45, 7) is 11.5. The van der Waals surface area contributed by atoms with Gasteiger partial charge in [-0.05, 0) is 31.4 Å². The lowest BCUT2D eigenvalue weighted by molar-refractivity contribution is -0.139. The molecule has 1 aromatic rings. The van der Waals surface area contributed by atoms with Gasteiger partial charge in [-0.3, -0.25) is 9.80 Å². The predicted octanol–water partition coefficient (Wildman–Crippen LogP) is 3.54. The van der Waals surface area contributed by atoms with Crippen molar-refractivity contribution in [1.29, 1.82) is 0 Å². The number of benzene rings is 1. The molecule has 0 spiro atoms. The van der Waals surface area contributed by atoms with E-state index >= 15 is 0 Å². The first-order valence-electron chi connectivity index (χ1n) is 12.5. The number of rotatable bonds is 9. The van der Waals surface area contributed by atoms with Gasteiger partial charge in [0, 0.05) is 56.5 Å². The minimum Gasteiger partial charge on any atom is -0.463 e. The molecule has 196 valence electrons. The first-order chi connectivity index (χ1) is 17.4. The Balaban J connectivity index is 1.96. The number of urea groups is 2. The summed E-state index contributed by atoms with van der Waals surface area (Å²) in [5.41, 5.74) is 1.54. The Bertz CT molecular complexity index is 998. The van der Waals surface area contributed by atoms with E-state index in [1.165, 1.54) is 4.90 Å². The lowest BCUT2D eigenvalue weighted by Crippen LogP contribution is -2.51. The van der Waals surface area contributed by atoms with Crippen LogP contribution >= 0.6 is 11.6 Å². The SMILES string of the molecule is C=CCN1C(=O)NC(c2ccccc2Cl)C(C(=O)OCC)=C1CN1CCCN(C(=O)NCCC)CC1. The van der Waals surface area contributed by atoms with Crippen molar-refractivity contribution in [2.24, 2.45) is 0 Å². The van der Waals surface area contributed by atoms with Crippen LogP contribution in [0.1, 0.15) is 38.3 Å². The highest BCUT2D eigenvalue weighted by Gasteiger charge is 2.39. The van der Waals surface area contributed by atoms with Gasteiger partial charge in [-0.2, -0.15) is 0 Å². The van der Waals surface area contributed by atoms with Crippen molar-refractivity contribution in [3.8, 4) is 0 Å². The molecule has 0 bridgehead atoms. The van der Waals surface area contributed by atoms with Gasteiger partial charge in [-0.1, -0.05) is 42.8 Å². The smallest absolute Gasteiger partial charge is 0.338 e. The highest BCUT2D eigenvalue weighted by atomic mass is 35.5. The van der Waals surface area contributed by atoms with Crippen molar-refractivity contribution >= 4 is 29.6 Å². The van der Waals surface area contributed by atoms with Crippen LogP contribution in [0.25, 0.3) is 0 Å². The van der Waals surface area contributed by atoms with E-state index in [1.807, 2.05) is 17.9 Å². The van der Waals surface area contributed by atoms with E-state index in [4.69, 9.17) is 16.3 Å². The number of hydrogen-bond acceptors (Lipinski definition) is 5. The van der Waals surface area contributed by atoms with Crippen molar-refractivity contribution in [2.75, 3.05) is 52.4 Å². The molecule has 3 rings (SSSR count). The van der Waals surface area contributed by atoms with Gasteiger partial charge in [0.2, 0.25) is 0 Å². The highest BCUT2D eigenvalue weighted by Crippen LogP contribution is 2.35. The van der Waals surface area contributed by atoms with Crippen LogP contribution in [0.5, 0.6) is 0 Å². The standard InChI is InChI=1S/C26H36ClN5O4/c1-4-12-28-25(34)31-15-9-14-30(16-17-31)18-21-22(24(33)36-6-3)23(19-10-7-8-11-20(19)27)29-26(35)32(21)13-5-2/h5,7-8,10-11,23H,2,4,6,9,12-18H2,1,3H3,(H,28,34)(H,29,35). The molecule has 0 aromatic heterocycles. The van der Waals surface area contributed by atoms with E-state index in [0.29, 0.717) is 54.6 Å². The fraction of sp³-hybridized carbons (Fsp3) is 0.500. The number of ether oxygens (including phenoxy) is 1. The maximum atomic E-state index is 13.3. The maximum Gasteiger partial charge on any atom is 0.338 e. The van der Waals surface area contributed by atoms with E-state index in [0.717, 1.165) is 19.4 Å². The van der Waals surface area contributed by atoms with E-state index in [-0.39, 0.29) is 25.2 Å². The van der Waals surface area contributed by atoms with Gasteiger partial charge in [0.25, 0.3) is 0 Å². The molecule has 0 aliphatic carbocycles. The highest BCUT2D eigenvalue weighted by molar-refractivity contribution is 6.31. The molecular weight excluding hydrogens is 482 g/mol. The summed E-state index contributed by atoms with van der Waals surface area (Å²) in [5.74, 6) is -0.498. The first kappa shape index (κ1) is 27.5. The number of carbonyl (C=O) groups is 3. The average molecular weight is 518 g/mol. The molecule has 1 aromatic carbocycles. The summed E-state index contributed by atoms with van der Waals surface area (Å²) in [6.07, 6.45) is 3.29. The summed E-state index contributed by atoms with van der Waals surface area (Å²) in [4.78, 5) is 44.5. The second-order valence-corrected chi connectivity index (χ2v) is 9.14. The van der Waals surface area contributed by atoms with Crippen LogP contribution in [0.2, 0.25) is 5.02 Å². The Labute approximate surface area is 218 Å². The lowest BCUT2D eigenvalue weighted by Gasteiger charge is -2.38. The van der Waals surface area contributed by atoms with Crippen LogP contribution in [0.4, 0.5) is 9.59 Å². The normalized spacial score (nSPS) is 19.0. The minimum atomic E-state index is -0.746. The third-order valence-corrected chi connectivity index (χ3v) is 6.58. The monoisotopic (exact) mass is 517 g/mol. The zero-order chi connectivity index (χ0) is 26.1. The van der Waals surface area contributed by atoms with Crippen molar-refractivity contribution < 1.29 is 19.1 Å². The third kappa shape index (κ3) is 6.59. The number of nitrogens with one attached hydrogen (secondary N) is 2. The topological polar surface area (TPSA) is 94.2 Å². The summed E-state index contributed by atoms with van der Waals surface area (Å²) in [5, 5.41) is 6.32. The molecule has 2 heterocycles. The Morgan fingerprint density at radius 1 is 1.22 bits per heavy atom. The van der Waals surface area contributed by atoms with Gasteiger partial charge in [0.15, 0.2) is 0 Å². The van der Waals surface area contributed by atoms with Crippen LogP contribution in [0, 0.1) is 0 Å². The predicted molar refractivity (Wildman–Crippen MR) is 140 cm³/mol. The lowest BCUT2D eigenvalue weighted by atomic mass is 9.94. The number of nitrogens with zero attached hydrogens (tertiary/aromatic N) is 3. The summed E-state index contributed by atoms with van der Waals surface area (Å²) >= 11 is 6.48. The Morgan fingerprint density at radius 2 is 2.00 bits per heavy atom. The maximum absolute atomic E-state index is 13.3. The Hall–Kier alpha value is -3.04. The molecule has 2 N–H and O–H groups in total. The van der Waals surface area contributed by atoms with Crippen molar-refractivity contribution in [2.45, 2.75) is 32.7 Å². The zero-order valence-corrected chi connectivity index (χ0v) is 21.9. The minimum absolute atomic E-state index is 0.0609. The third-order valence-electron chi connectivity index (χ3n) is 6.24. The van der Waals surface area contributed by atoms with E-state index in [1.54, 1.807) is 31.2 Å². The summed E-state index contributed by atoms with van der Waals surface area (Å²) < 4.78 is 5.44. The number of amides is 4. The molecule has 1 saturated heterocycles. The fourth-order valence-corrected chi connectivity index (χ4v) is 4.72. The summed E-state index contributed by atoms with van der Waals surface area (Å²) in [7, 11) is 0. The van der Waals surface area contributed by atoms with Crippen LogP contribution < -0.4 is 10.6 Å². The van der Waals surface area contributed by atoms with Gasteiger partial charge in [0.1, 0.15) is 0 Å². The quantitative estimate of drug-likeness (QED) is 0.386. The molecule has 2 aliphatic rings. The number of carbonyl (C=O) groups excluding carboxylic acids is 3. The Morgan fingerprint density at radius 3 is 2.69 bits per heavy atom. The number of esters is 1. The van der Waals surface area contributed by atoms with Crippen LogP contribution in [0.15, 0.2) is 48.2 Å². The molecule has 4 amide bonds. The van der Waals surface area contributed by atoms with Gasteiger partial charge in [0.05, 0.1) is 18.2 Å². The molecule has 9 nitrogen and oxygen atoms in total. The molecule has 36 heavy (non-hydrogen) atoms. The van der Waals surface area contributed by atoms with Gasteiger partial charge >= 0.3 is 18.0 Å². The largest absolute Gasteiger partial charge is 0.463 e. The molecule has 1 fully saturated rings. The molecule has 10 heteroatoms. The van der Waals surface area contributed by atoms with Gasteiger partial charge in [-0.25, -0.2) is 14.4 Å². The molecule has 0 radical (unpaired) electrons. The van der Waals surface area contributed by atoms with Crippen molar-refractivity contribution in [3.63, 3.8) is 0 Å². The second kappa shape index (κ2) is 13.3. The number of halogens is 1. The zero-order valence-electron chi connectivity index (χ0n) is 21.1. The molecule has 0 saturated carbocycles. The average Bonchev–Trinajstić information content (AvgIpc) is 3.10. The van der Waals surface area contributed by atoms with Gasteiger partial charge in [-0.15, -0.1) is 6.58 Å². The Kier molecular flexibility index (Phi) is 10.2. The van der Waals surface area contributed by atoms with E-state index in [9.17, 15) is 14.4 Å². The van der Waals surface area contributed by atoms with E-state index in [2.05, 4.69) is 22.1 Å². The fourth-order valence-electron chi connectivity index (χ4n) is 4.48. The molecule has 2 aliphatic heterocycles. The van der Waals surface area contributed by atoms with Crippen LogP contribution in [-0.2, 0) is 9.53 Å². The van der Waals surface area contributed by atoms with Crippen molar-refractivity contribution in [3.05, 3.63) is 58.8 Å². The van der Waals surface area contributed by atoms with Crippen LogP contribution in [-0.4, -0.2) is 85.2 Å². The van der Waals surface area contributed by atoms with E-state index < -0.39 is 12.0 Å². The second-order valence-electron chi connectivity index (χ2n) is 8.73. The van der Waals surface area contributed by atoms with Gasteiger partial charge < -0.3 is 20.3 Å². The van der Waals surface area contributed by atoms with Crippen molar-refractivity contribution in [1.82, 2.24) is 25.3 Å². The van der Waals surface area contributed by atoms with Crippen LogP contribution in [0.3, 0.4) is 0 Å². The first-order valence-corrected chi connectivity index (χ1v) is 12.9. The number of hydrogen-bond donors (Lipinski definition) is 2. The molecular formula is C26H36ClN5O4. The summed E-state index contributed by atoms with van der Waals surface area (Å²) in [6, 6.07) is 6.01. The molecule has 1 unspecified atom stereocenters.